The van der Waals surface area contributed by atoms with Gasteiger partial charge in [0.15, 0.2) is 5.43 Å². The van der Waals surface area contributed by atoms with Crippen molar-refractivity contribution < 1.29 is 9.15 Å². The first-order valence-corrected chi connectivity index (χ1v) is 10.5. The summed E-state index contributed by atoms with van der Waals surface area (Å²) in [6.45, 7) is 1.87. The lowest BCUT2D eigenvalue weighted by Crippen LogP contribution is -2.01. The third kappa shape index (κ3) is 4.32. The SMILES string of the molecule is COc1ccc2oc(-c3ccc(Nc4cc(-c5ccccc5)nc(C)n4)cc3)cc(=O)c2c1. The van der Waals surface area contributed by atoms with Crippen molar-refractivity contribution in [2.75, 3.05) is 12.4 Å². The predicted molar refractivity (Wildman–Crippen MR) is 130 cm³/mol. The van der Waals surface area contributed by atoms with E-state index in [1.54, 1.807) is 25.3 Å². The molecule has 2 aromatic heterocycles. The minimum Gasteiger partial charge on any atom is -0.497 e. The van der Waals surface area contributed by atoms with Gasteiger partial charge in [0.25, 0.3) is 0 Å². The summed E-state index contributed by atoms with van der Waals surface area (Å²) in [5.74, 6) is 2.52. The minimum absolute atomic E-state index is 0.114. The molecule has 0 amide bonds. The van der Waals surface area contributed by atoms with Gasteiger partial charge in [0.2, 0.25) is 0 Å². The van der Waals surface area contributed by atoms with E-state index in [-0.39, 0.29) is 5.43 Å². The molecule has 0 aliphatic heterocycles. The molecule has 162 valence electrons. The van der Waals surface area contributed by atoms with Gasteiger partial charge < -0.3 is 14.5 Å². The summed E-state index contributed by atoms with van der Waals surface area (Å²) in [6.07, 6.45) is 0. The van der Waals surface area contributed by atoms with Crippen LogP contribution in [0.4, 0.5) is 11.5 Å². The summed E-state index contributed by atoms with van der Waals surface area (Å²) >= 11 is 0. The number of hydrogen-bond donors (Lipinski definition) is 1. The fraction of sp³-hybridized carbons (Fsp3) is 0.0741. The van der Waals surface area contributed by atoms with Crippen molar-refractivity contribution in [1.29, 1.82) is 0 Å². The third-order valence-corrected chi connectivity index (χ3v) is 5.28. The standard InChI is InChI=1S/C27H21N3O3/c1-17-28-23(18-6-4-3-5-7-18)15-27(29-17)30-20-10-8-19(9-11-20)26-16-24(31)22-14-21(32-2)12-13-25(22)33-26/h3-16H,1-2H3,(H,28,29,30). The number of anilines is 2. The van der Waals surface area contributed by atoms with Gasteiger partial charge in [0.1, 0.15) is 28.7 Å². The zero-order valence-corrected chi connectivity index (χ0v) is 18.2. The van der Waals surface area contributed by atoms with E-state index < -0.39 is 0 Å². The number of nitrogens with zero attached hydrogens (tertiary/aromatic N) is 2. The summed E-state index contributed by atoms with van der Waals surface area (Å²) in [6, 6.07) is 26.3. The van der Waals surface area contributed by atoms with Crippen molar-refractivity contribution in [2.45, 2.75) is 6.92 Å². The zero-order chi connectivity index (χ0) is 22.8. The first-order chi connectivity index (χ1) is 16.1. The van der Waals surface area contributed by atoms with Crippen LogP contribution in [-0.2, 0) is 0 Å². The van der Waals surface area contributed by atoms with E-state index in [4.69, 9.17) is 9.15 Å². The molecule has 0 saturated heterocycles. The van der Waals surface area contributed by atoms with Crippen LogP contribution in [0.3, 0.4) is 0 Å². The smallest absolute Gasteiger partial charge is 0.193 e. The van der Waals surface area contributed by atoms with Crippen LogP contribution in [0.15, 0.2) is 94.1 Å². The highest BCUT2D eigenvalue weighted by atomic mass is 16.5. The number of rotatable bonds is 5. The van der Waals surface area contributed by atoms with Crippen LogP contribution in [0.5, 0.6) is 5.75 Å². The van der Waals surface area contributed by atoms with Gasteiger partial charge in [0.05, 0.1) is 18.2 Å². The molecular formula is C27H21N3O3. The Bertz CT molecular complexity index is 1490. The molecule has 0 bridgehead atoms. The maximum Gasteiger partial charge on any atom is 0.193 e. The molecule has 3 aromatic carbocycles. The summed E-state index contributed by atoms with van der Waals surface area (Å²) in [7, 11) is 1.57. The second kappa shape index (κ2) is 8.59. The predicted octanol–water partition coefficient (Wildman–Crippen LogP) is 5.98. The Hall–Kier alpha value is -4.45. The zero-order valence-electron chi connectivity index (χ0n) is 18.2. The van der Waals surface area contributed by atoms with Gasteiger partial charge in [-0.3, -0.25) is 4.79 Å². The molecular weight excluding hydrogens is 414 g/mol. The van der Waals surface area contributed by atoms with E-state index in [2.05, 4.69) is 15.3 Å². The van der Waals surface area contributed by atoms with Crippen molar-refractivity contribution in [1.82, 2.24) is 9.97 Å². The van der Waals surface area contributed by atoms with Crippen molar-refractivity contribution in [2.24, 2.45) is 0 Å². The van der Waals surface area contributed by atoms with Crippen LogP contribution >= 0.6 is 0 Å². The number of ether oxygens (including phenoxy) is 1. The topological polar surface area (TPSA) is 77.2 Å². The fourth-order valence-corrected chi connectivity index (χ4v) is 3.66. The Kier molecular flexibility index (Phi) is 5.32. The van der Waals surface area contributed by atoms with E-state index >= 15 is 0 Å². The van der Waals surface area contributed by atoms with Gasteiger partial charge in [-0.1, -0.05) is 30.3 Å². The van der Waals surface area contributed by atoms with Crippen LogP contribution in [0.2, 0.25) is 0 Å². The van der Waals surface area contributed by atoms with Crippen LogP contribution in [0.1, 0.15) is 5.82 Å². The molecule has 0 saturated carbocycles. The molecule has 1 N–H and O–H groups in total. The lowest BCUT2D eigenvalue weighted by atomic mass is 10.1. The summed E-state index contributed by atoms with van der Waals surface area (Å²) < 4.78 is 11.2. The molecule has 5 rings (SSSR count). The summed E-state index contributed by atoms with van der Waals surface area (Å²) in [5.41, 5.74) is 3.97. The monoisotopic (exact) mass is 435 g/mol. The maximum atomic E-state index is 12.6. The van der Waals surface area contributed by atoms with Crippen LogP contribution < -0.4 is 15.5 Å². The van der Waals surface area contributed by atoms with Crippen LogP contribution in [0, 0.1) is 6.92 Å². The number of fused-ring (bicyclic) bond motifs is 1. The second-order valence-electron chi connectivity index (χ2n) is 7.59. The highest BCUT2D eigenvalue weighted by Crippen LogP contribution is 2.27. The fourth-order valence-electron chi connectivity index (χ4n) is 3.66. The number of benzene rings is 3. The molecule has 5 aromatic rings. The highest BCUT2D eigenvalue weighted by molar-refractivity contribution is 5.80. The normalized spacial score (nSPS) is 10.8. The Morgan fingerprint density at radius 3 is 2.39 bits per heavy atom. The first kappa shape index (κ1) is 20.5. The Morgan fingerprint density at radius 1 is 0.848 bits per heavy atom. The Labute approximate surface area is 190 Å². The van der Waals surface area contributed by atoms with E-state index in [1.165, 1.54) is 6.07 Å². The minimum atomic E-state index is -0.114. The van der Waals surface area contributed by atoms with Crippen molar-refractivity contribution in [3.63, 3.8) is 0 Å². The number of aryl methyl sites for hydroxylation is 1. The summed E-state index contributed by atoms with van der Waals surface area (Å²) in [5, 5.41) is 3.82. The van der Waals surface area contributed by atoms with Gasteiger partial charge in [-0.05, 0) is 49.4 Å². The van der Waals surface area contributed by atoms with Crippen molar-refractivity contribution in [3.8, 4) is 28.3 Å². The van der Waals surface area contributed by atoms with E-state index in [0.29, 0.717) is 34.1 Å². The molecule has 6 heteroatoms. The molecule has 0 radical (unpaired) electrons. The lowest BCUT2D eigenvalue weighted by molar-refractivity contribution is 0.415. The average Bonchev–Trinajstić information content (AvgIpc) is 2.84. The third-order valence-electron chi connectivity index (χ3n) is 5.28. The van der Waals surface area contributed by atoms with Gasteiger partial charge in [-0.15, -0.1) is 0 Å². The number of hydrogen-bond acceptors (Lipinski definition) is 6. The molecule has 0 unspecified atom stereocenters. The lowest BCUT2D eigenvalue weighted by Gasteiger charge is -2.10. The van der Waals surface area contributed by atoms with Crippen LogP contribution in [-0.4, -0.2) is 17.1 Å². The molecule has 0 spiro atoms. The molecule has 0 fully saturated rings. The molecule has 33 heavy (non-hydrogen) atoms. The molecule has 0 aliphatic rings. The highest BCUT2D eigenvalue weighted by Gasteiger charge is 2.09. The summed E-state index contributed by atoms with van der Waals surface area (Å²) in [4.78, 5) is 21.6. The molecule has 6 nitrogen and oxygen atoms in total. The second-order valence-corrected chi connectivity index (χ2v) is 7.59. The maximum absolute atomic E-state index is 12.6. The average molecular weight is 435 g/mol. The number of aromatic nitrogens is 2. The van der Waals surface area contributed by atoms with Gasteiger partial charge in [0, 0.05) is 28.9 Å². The van der Waals surface area contributed by atoms with Gasteiger partial charge in [-0.25, -0.2) is 9.97 Å². The number of methoxy groups -OCH3 is 1. The van der Waals surface area contributed by atoms with Gasteiger partial charge in [-0.2, -0.15) is 0 Å². The van der Waals surface area contributed by atoms with E-state index in [9.17, 15) is 4.79 Å². The van der Waals surface area contributed by atoms with Gasteiger partial charge >= 0.3 is 0 Å². The molecule has 0 atom stereocenters. The van der Waals surface area contributed by atoms with Crippen molar-refractivity contribution in [3.05, 3.63) is 101 Å². The van der Waals surface area contributed by atoms with E-state index in [0.717, 1.165) is 22.5 Å². The largest absolute Gasteiger partial charge is 0.497 e. The first-order valence-electron chi connectivity index (χ1n) is 10.5. The Balaban J connectivity index is 1.42. The molecule has 0 aliphatic carbocycles. The Morgan fingerprint density at radius 2 is 1.64 bits per heavy atom. The van der Waals surface area contributed by atoms with Crippen molar-refractivity contribution >= 4 is 22.5 Å². The quantitative estimate of drug-likeness (QED) is 0.366. The van der Waals surface area contributed by atoms with Crippen LogP contribution in [0.25, 0.3) is 33.6 Å². The van der Waals surface area contributed by atoms with E-state index in [1.807, 2.05) is 67.6 Å². The number of nitrogens with one attached hydrogen (secondary N) is 1. The molecule has 2 heterocycles.